The van der Waals surface area contributed by atoms with Crippen LogP contribution in [0.4, 0.5) is 5.69 Å². The van der Waals surface area contributed by atoms with Crippen molar-refractivity contribution < 1.29 is 4.79 Å². The summed E-state index contributed by atoms with van der Waals surface area (Å²) in [6.07, 6.45) is 3.40. The fraction of sp³-hybridized carbons (Fsp3) is 0.118. The van der Waals surface area contributed by atoms with Gasteiger partial charge in [-0.1, -0.05) is 35.4 Å². The minimum absolute atomic E-state index is 0.0172. The highest BCUT2D eigenvalue weighted by Gasteiger charge is 2.03. The van der Waals surface area contributed by atoms with Gasteiger partial charge in [0.2, 0.25) is 0 Å². The number of hydrogen-bond donors (Lipinski definition) is 1. The zero-order valence-electron chi connectivity index (χ0n) is 11.2. The molecular formula is C17H17NO. The monoisotopic (exact) mass is 251 g/mol. The number of benzene rings is 2. The summed E-state index contributed by atoms with van der Waals surface area (Å²) in [7, 11) is 0. The smallest absolute Gasteiger partial charge is 0.185 e. The second-order valence-corrected chi connectivity index (χ2v) is 4.74. The molecule has 0 saturated carbocycles. The topological polar surface area (TPSA) is 43.1 Å². The van der Waals surface area contributed by atoms with Crippen molar-refractivity contribution >= 4 is 17.5 Å². The maximum Gasteiger partial charge on any atom is 0.185 e. The zero-order valence-corrected chi connectivity index (χ0v) is 11.2. The summed E-state index contributed by atoms with van der Waals surface area (Å²) in [4.78, 5) is 12.1. The van der Waals surface area contributed by atoms with Crippen molar-refractivity contribution in [2.45, 2.75) is 13.8 Å². The molecule has 19 heavy (non-hydrogen) atoms. The lowest BCUT2D eigenvalue weighted by Crippen LogP contribution is -1.95. The summed E-state index contributed by atoms with van der Waals surface area (Å²) in [5.74, 6) is 0.0172. The summed E-state index contributed by atoms with van der Waals surface area (Å²) in [5, 5.41) is 0. The first-order valence-electron chi connectivity index (χ1n) is 6.21. The number of carbonyl (C=O) groups is 1. The van der Waals surface area contributed by atoms with E-state index in [1.54, 1.807) is 12.2 Å². The number of carbonyl (C=O) groups excluding carboxylic acids is 1. The minimum Gasteiger partial charge on any atom is -0.399 e. The van der Waals surface area contributed by atoms with Gasteiger partial charge in [0.1, 0.15) is 0 Å². The first-order chi connectivity index (χ1) is 9.04. The van der Waals surface area contributed by atoms with Crippen molar-refractivity contribution in [1.29, 1.82) is 0 Å². The van der Waals surface area contributed by atoms with E-state index >= 15 is 0 Å². The summed E-state index contributed by atoms with van der Waals surface area (Å²) < 4.78 is 0. The molecule has 96 valence electrons. The van der Waals surface area contributed by atoms with Crippen LogP contribution in [0.3, 0.4) is 0 Å². The molecule has 2 rings (SSSR count). The second-order valence-electron chi connectivity index (χ2n) is 4.74. The highest BCUT2D eigenvalue weighted by atomic mass is 16.1. The van der Waals surface area contributed by atoms with E-state index in [4.69, 9.17) is 5.73 Å². The Morgan fingerprint density at radius 3 is 2.16 bits per heavy atom. The Labute approximate surface area is 113 Å². The number of aryl methyl sites for hydroxylation is 2. The highest BCUT2D eigenvalue weighted by Crippen LogP contribution is 2.12. The number of anilines is 1. The first kappa shape index (κ1) is 13.1. The van der Waals surface area contributed by atoms with Crippen LogP contribution in [0, 0.1) is 13.8 Å². The Bertz CT molecular complexity index is 604. The van der Waals surface area contributed by atoms with E-state index < -0.39 is 0 Å². The number of rotatable bonds is 3. The zero-order chi connectivity index (χ0) is 13.8. The summed E-state index contributed by atoms with van der Waals surface area (Å²) >= 11 is 0. The van der Waals surface area contributed by atoms with E-state index in [2.05, 4.69) is 6.07 Å². The Morgan fingerprint density at radius 1 is 1.00 bits per heavy atom. The van der Waals surface area contributed by atoms with Gasteiger partial charge in [-0.15, -0.1) is 0 Å². The molecule has 0 saturated heterocycles. The number of nitrogen functional groups attached to an aromatic ring is 1. The molecule has 0 amide bonds. The Hall–Kier alpha value is -2.35. The lowest BCUT2D eigenvalue weighted by atomic mass is 10.0. The van der Waals surface area contributed by atoms with Crippen molar-refractivity contribution in [3.05, 3.63) is 70.8 Å². The molecule has 2 heteroatoms. The van der Waals surface area contributed by atoms with Gasteiger partial charge in [0, 0.05) is 11.3 Å². The van der Waals surface area contributed by atoms with Gasteiger partial charge in [-0.3, -0.25) is 4.79 Å². The molecule has 2 nitrogen and oxygen atoms in total. The van der Waals surface area contributed by atoms with Crippen molar-refractivity contribution in [2.24, 2.45) is 0 Å². The first-order valence-corrected chi connectivity index (χ1v) is 6.21. The molecule has 0 unspecified atom stereocenters. The molecule has 0 aliphatic rings. The highest BCUT2D eigenvalue weighted by molar-refractivity contribution is 6.07. The summed E-state index contributed by atoms with van der Waals surface area (Å²) in [6, 6.07) is 13.3. The van der Waals surface area contributed by atoms with Crippen LogP contribution in [0.25, 0.3) is 6.08 Å². The number of ketones is 1. The SMILES string of the molecule is Cc1cc(C)cc(C(=O)/C=C/c2ccc(N)cc2)c1. The van der Waals surface area contributed by atoms with Crippen molar-refractivity contribution in [3.8, 4) is 0 Å². The third kappa shape index (κ3) is 3.55. The predicted molar refractivity (Wildman–Crippen MR) is 80.1 cm³/mol. The van der Waals surface area contributed by atoms with Crippen LogP contribution in [-0.2, 0) is 0 Å². The number of allylic oxidation sites excluding steroid dienone is 1. The number of hydrogen-bond acceptors (Lipinski definition) is 2. The molecule has 0 aliphatic heterocycles. The van der Waals surface area contributed by atoms with E-state index in [1.165, 1.54) is 0 Å². The normalized spacial score (nSPS) is 10.8. The van der Waals surface area contributed by atoms with Gasteiger partial charge in [0.05, 0.1) is 0 Å². The number of nitrogens with two attached hydrogens (primary N) is 1. The third-order valence-corrected chi connectivity index (χ3v) is 2.87. The van der Waals surface area contributed by atoms with E-state index in [-0.39, 0.29) is 5.78 Å². The molecule has 0 fully saturated rings. The van der Waals surface area contributed by atoms with Gasteiger partial charge in [-0.05, 0) is 49.8 Å². The summed E-state index contributed by atoms with van der Waals surface area (Å²) in [5.41, 5.74) is 10.2. The van der Waals surface area contributed by atoms with E-state index in [9.17, 15) is 4.79 Å². The fourth-order valence-electron chi connectivity index (χ4n) is 1.99. The molecule has 2 aromatic carbocycles. The van der Waals surface area contributed by atoms with Gasteiger partial charge >= 0.3 is 0 Å². The largest absolute Gasteiger partial charge is 0.399 e. The van der Waals surface area contributed by atoms with Crippen molar-refractivity contribution in [2.75, 3.05) is 5.73 Å². The second kappa shape index (κ2) is 5.53. The molecule has 2 N–H and O–H groups in total. The molecule has 0 atom stereocenters. The average Bonchev–Trinajstić information content (AvgIpc) is 2.36. The van der Waals surface area contributed by atoms with Crippen LogP contribution in [0.2, 0.25) is 0 Å². The molecule has 0 aliphatic carbocycles. The van der Waals surface area contributed by atoms with E-state index in [1.807, 2.05) is 50.2 Å². The lowest BCUT2D eigenvalue weighted by Gasteiger charge is -2.01. The van der Waals surface area contributed by atoms with Crippen LogP contribution in [0.15, 0.2) is 48.5 Å². The van der Waals surface area contributed by atoms with Gasteiger partial charge < -0.3 is 5.73 Å². The van der Waals surface area contributed by atoms with Crippen LogP contribution >= 0.6 is 0 Å². The molecule has 0 heterocycles. The lowest BCUT2D eigenvalue weighted by molar-refractivity contribution is 0.104. The molecular weight excluding hydrogens is 234 g/mol. The van der Waals surface area contributed by atoms with Crippen LogP contribution in [0.1, 0.15) is 27.0 Å². The summed E-state index contributed by atoms with van der Waals surface area (Å²) in [6.45, 7) is 3.99. The standard InChI is InChI=1S/C17H17NO/c1-12-9-13(2)11-15(10-12)17(19)8-5-14-3-6-16(18)7-4-14/h3-11H,18H2,1-2H3/b8-5+. The third-order valence-electron chi connectivity index (χ3n) is 2.87. The maximum atomic E-state index is 12.1. The Balaban J connectivity index is 2.18. The van der Waals surface area contributed by atoms with E-state index in [0.717, 1.165) is 27.9 Å². The minimum atomic E-state index is 0.0172. The van der Waals surface area contributed by atoms with Crippen LogP contribution < -0.4 is 5.73 Å². The Kier molecular flexibility index (Phi) is 3.81. The molecule has 2 aromatic rings. The van der Waals surface area contributed by atoms with Crippen molar-refractivity contribution in [1.82, 2.24) is 0 Å². The van der Waals surface area contributed by atoms with Gasteiger partial charge in [-0.2, -0.15) is 0 Å². The van der Waals surface area contributed by atoms with Crippen LogP contribution in [0.5, 0.6) is 0 Å². The molecule has 0 aromatic heterocycles. The van der Waals surface area contributed by atoms with Gasteiger partial charge in [0.25, 0.3) is 0 Å². The van der Waals surface area contributed by atoms with Crippen molar-refractivity contribution in [3.63, 3.8) is 0 Å². The van der Waals surface area contributed by atoms with Gasteiger partial charge in [-0.25, -0.2) is 0 Å². The predicted octanol–water partition coefficient (Wildman–Crippen LogP) is 3.78. The average molecular weight is 251 g/mol. The molecule has 0 bridgehead atoms. The molecule has 0 radical (unpaired) electrons. The van der Waals surface area contributed by atoms with Gasteiger partial charge in [0.15, 0.2) is 5.78 Å². The maximum absolute atomic E-state index is 12.1. The fourth-order valence-corrected chi connectivity index (χ4v) is 1.99. The quantitative estimate of drug-likeness (QED) is 0.512. The molecule has 0 spiro atoms. The van der Waals surface area contributed by atoms with E-state index in [0.29, 0.717) is 0 Å². The Morgan fingerprint density at radius 2 is 1.58 bits per heavy atom. The van der Waals surface area contributed by atoms with Crippen LogP contribution in [-0.4, -0.2) is 5.78 Å².